The monoisotopic (exact) mass is 249 g/mol. The Morgan fingerprint density at radius 3 is 2.35 bits per heavy atom. The van der Waals surface area contributed by atoms with Crippen molar-refractivity contribution in [1.29, 1.82) is 0 Å². The van der Waals surface area contributed by atoms with Gasteiger partial charge in [-0.1, -0.05) is 20.8 Å². The van der Waals surface area contributed by atoms with Crippen LogP contribution in [0.1, 0.15) is 33.6 Å². The first-order valence-corrected chi connectivity index (χ1v) is 5.88. The van der Waals surface area contributed by atoms with Crippen molar-refractivity contribution in [1.82, 2.24) is 5.32 Å². The van der Waals surface area contributed by atoms with E-state index in [1.807, 2.05) is 0 Å². The number of hydrogen-bond donors (Lipinski definition) is 1. The molecule has 0 amide bonds. The summed E-state index contributed by atoms with van der Waals surface area (Å²) >= 11 is 0. The number of piperidine rings is 1. The van der Waals surface area contributed by atoms with Crippen LogP contribution in [0.2, 0.25) is 0 Å². The number of ether oxygens (including phenoxy) is 1. The van der Waals surface area contributed by atoms with Crippen molar-refractivity contribution in [3.05, 3.63) is 0 Å². The molecule has 1 saturated heterocycles. The zero-order valence-corrected chi connectivity index (χ0v) is 10.8. The Balaban J connectivity index is 2.84. The van der Waals surface area contributed by atoms with Crippen molar-refractivity contribution in [2.75, 3.05) is 7.11 Å². The SMILES string of the molecule is COC1CCC(C(F)F)C(C(=O)C(C)(C)C)N1. The molecular formula is C12H21F2NO2. The molecule has 1 aliphatic heterocycles. The number of hydrogen-bond acceptors (Lipinski definition) is 3. The van der Waals surface area contributed by atoms with Gasteiger partial charge in [-0.05, 0) is 12.8 Å². The van der Waals surface area contributed by atoms with Crippen LogP contribution >= 0.6 is 0 Å². The van der Waals surface area contributed by atoms with Crippen molar-refractivity contribution in [3.63, 3.8) is 0 Å². The lowest BCUT2D eigenvalue weighted by Gasteiger charge is -2.38. The Labute approximate surface area is 101 Å². The molecule has 0 radical (unpaired) electrons. The lowest BCUT2D eigenvalue weighted by molar-refractivity contribution is -0.136. The van der Waals surface area contributed by atoms with Crippen LogP contribution in [0.25, 0.3) is 0 Å². The highest BCUT2D eigenvalue weighted by atomic mass is 19.3. The maximum absolute atomic E-state index is 12.9. The van der Waals surface area contributed by atoms with E-state index in [1.54, 1.807) is 20.8 Å². The molecule has 3 nitrogen and oxygen atoms in total. The summed E-state index contributed by atoms with van der Waals surface area (Å²) in [4.78, 5) is 12.1. The van der Waals surface area contributed by atoms with Gasteiger partial charge in [0.25, 0.3) is 0 Å². The first kappa shape index (κ1) is 14.5. The summed E-state index contributed by atoms with van der Waals surface area (Å²) in [6, 6.07) is -0.811. The van der Waals surface area contributed by atoms with Gasteiger partial charge in [0.05, 0.1) is 6.04 Å². The molecule has 5 heteroatoms. The summed E-state index contributed by atoms with van der Waals surface area (Å²) in [7, 11) is 1.51. The maximum Gasteiger partial charge on any atom is 0.243 e. The van der Waals surface area contributed by atoms with Gasteiger partial charge in [-0.15, -0.1) is 0 Å². The van der Waals surface area contributed by atoms with E-state index in [0.29, 0.717) is 12.8 Å². The third kappa shape index (κ3) is 3.45. The zero-order chi connectivity index (χ0) is 13.2. The Morgan fingerprint density at radius 1 is 1.35 bits per heavy atom. The molecule has 3 atom stereocenters. The third-order valence-corrected chi connectivity index (χ3v) is 3.19. The number of ketones is 1. The standard InChI is InChI=1S/C12H21F2NO2/c1-12(2,3)10(16)9-7(11(13)14)5-6-8(15-9)17-4/h7-9,11,15H,5-6H2,1-4H3. The predicted molar refractivity (Wildman–Crippen MR) is 60.9 cm³/mol. The number of halogens is 2. The van der Waals surface area contributed by atoms with Gasteiger partial charge in [0.1, 0.15) is 6.23 Å². The number of Topliss-reactive ketones (excluding diaryl/α,β-unsaturated/α-hetero) is 1. The van der Waals surface area contributed by atoms with Crippen LogP contribution < -0.4 is 5.32 Å². The van der Waals surface area contributed by atoms with Gasteiger partial charge < -0.3 is 4.74 Å². The van der Waals surface area contributed by atoms with E-state index in [1.165, 1.54) is 7.11 Å². The number of nitrogens with one attached hydrogen (secondary N) is 1. The Morgan fingerprint density at radius 2 is 1.94 bits per heavy atom. The fourth-order valence-electron chi connectivity index (χ4n) is 2.11. The molecule has 0 spiro atoms. The van der Waals surface area contributed by atoms with Crippen LogP contribution in [0, 0.1) is 11.3 Å². The smallest absolute Gasteiger partial charge is 0.243 e. The van der Waals surface area contributed by atoms with E-state index >= 15 is 0 Å². The van der Waals surface area contributed by atoms with Crippen molar-refractivity contribution in [3.8, 4) is 0 Å². The van der Waals surface area contributed by atoms with Gasteiger partial charge in [-0.25, -0.2) is 8.78 Å². The third-order valence-electron chi connectivity index (χ3n) is 3.19. The number of methoxy groups -OCH3 is 1. The van der Waals surface area contributed by atoms with Crippen molar-refractivity contribution >= 4 is 5.78 Å². The van der Waals surface area contributed by atoms with E-state index in [9.17, 15) is 13.6 Å². The zero-order valence-electron chi connectivity index (χ0n) is 10.8. The summed E-state index contributed by atoms with van der Waals surface area (Å²) in [6.45, 7) is 5.24. The number of carbonyl (C=O) groups excluding carboxylic acids is 1. The van der Waals surface area contributed by atoms with E-state index in [0.717, 1.165) is 0 Å². The van der Waals surface area contributed by atoms with E-state index < -0.39 is 23.8 Å². The number of rotatable bonds is 3. The van der Waals surface area contributed by atoms with Gasteiger partial charge >= 0.3 is 0 Å². The molecular weight excluding hydrogens is 228 g/mol. The molecule has 100 valence electrons. The number of alkyl halides is 2. The highest BCUT2D eigenvalue weighted by Gasteiger charge is 2.42. The average Bonchev–Trinajstić information content (AvgIpc) is 2.25. The highest BCUT2D eigenvalue weighted by molar-refractivity contribution is 5.89. The topological polar surface area (TPSA) is 38.3 Å². The lowest BCUT2D eigenvalue weighted by Crippen LogP contribution is -2.56. The minimum Gasteiger partial charge on any atom is -0.367 e. The highest BCUT2D eigenvalue weighted by Crippen LogP contribution is 2.31. The van der Waals surface area contributed by atoms with Crippen molar-refractivity contribution in [2.24, 2.45) is 11.3 Å². The fourth-order valence-corrected chi connectivity index (χ4v) is 2.11. The van der Waals surface area contributed by atoms with Crippen LogP contribution in [0.15, 0.2) is 0 Å². The maximum atomic E-state index is 12.9. The van der Waals surface area contributed by atoms with Gasteiger partial charge in [0.2, 0.25) is 6.43 Å². The summed E-state index contributed by atoms with van der Waals surface area (Å²) in [5.74, 6) is -1.09. The van der Waals surface area contributed by atoms with Crippen LogP contribution in [-0.2, 0) is 9.53 Å². The molecule has 0 saturated carbocycles. The minimum absolute atomic E-state index is 0.176. The van der Waals surface area contributed by atoms with Crippen LogP contribution in [0.5, 0.6) is 0 Å². The second kappa shape index (κ2) is 5.40. The largest absolute Gasteiger partial charge is 0.367 e. The van der Waals surface area contributed by atoms with E-state index in [4.69, 9.17) is 4.74 Å². The van der Waals surface area contributed by atoms with E-state index in [2.05, 4.69) is 5.32 Å². The Bertz CT molecular complexity index is 276. The molecule has 1 heterocycles. The molecule has 1 fully saturated rings. The van der Waals surface area contributed by atoms with Gasteiger partial charge in [-0.3, -0.25) is 10.1 Å². The second-order valence-corrected chi connectivity index (χ2v) is 5.56. The average molecular weight is 249 g/mol. The van der Waals surface area contributed by atoms with Gasteiger partial charge in [0, 0.05) is 18.4 Å². The van der Waals surface area contributed by atoms with Crippen molar-refractivity contribution in [2.45, 2.75) is 52.3 Å². The molecule has 1 N–H and O–H groups in total. The summed E-state index contributed by atoms with van der Waals surface area (Å²) < 4.78 is 30.9. The van der Waals surface area contributed by atoms with Crippen molar-refractivity contribution < 1.29 is 18.3 Å². The predicted octanol–water partition coefficient (Wildman–Crippen LogP) is 2.21. The number of carbonyl (C=O) groups is 1. The molecule has 0 aromatic heterocycles. The van der Waals surface area contributed by atoms with Gasteiger partial charge in [0.15, 0.2) is 5.78 Å². The quantitative estimate of drug-likeness (QED) is 0.833. The fraction of sp³-hybridized carbons (Fsp3) is 0.917. The summed E-state index contributed by atoms with van der Waals surface area (Å²) in [6.07, 6.45) is -1.95. The Kier molecular flexibility index (Phi) is 4.61. The molecule has 0 aliphatic carbocycles. The molecule has 3 unspecified atom stereocenters. The van der Waals surface area contributed by atoms with Gasteiger partial charge in [-0.2, -0.15) is 0 Å². The Hall–Kier alpha value is -0.550. The lowest BCUT2D eigenvalue weighted by atomic mass is 9.78. The minimum atomic E-state index is -2.48. The van der Waals surface area contributed by atoms with Crippen LogP contribution in [0.4, 0.5) is 8.78 Å². The van der Waals surface area contributed by atoms with Crippen LogP contribution in [0.3, 0.4) is 0 Å². The normalized spacial score (nSPS) is 30.6. The molecule has 0 aromatic carbocycles. The van der Waals surface area contributed by atoms with E-state index in [-0.39, 0.29) is 12.0 Å². The molecule has 17 heavy (non-hydrogen) atoms. The molecule has 1 rings (SSSR count). The molecule has 0 aromatic rings. The second-order valence-electron chi connectivity index (χ2n) is 5.56. The summed E-state index contributed by atoms with van der Waals surface area (Å²) in [5.41, 5.74) is -0.625. The summed E-state index contributed by atoms with van der Waals surface area (Å²) in [5, 5.41) is 2.89. The first-order valence-electron chi connectivity index (χ1n) is 5.88. The van der Waals surface area contributed by atoms with Crippen LogP contribution in [-0.4, -0.2) is 31.6 Å². The molecule has 1 aliphatic rings. The molecule has 0 bridgehead atoms. The first-order chi connectivity index (χ1) is 7.77.